The van der Waals surface area contributed by atoms with Crippen molar-refractivity contribution in [3.8, 4) is 0 Å². The Morgan fingerprint density at radius 2 is 2.11 bits per heavy atom. The topological polar surface area (TPSA) is 54.3 Å². The Labute approximate surface area is 119 Å². The minimum absolute atomic E-state index is 0.204. The monoisotopic (exact) mass is 320 g/mol. The molecular weight excluding hydrogens is 308 g/mol. The molecule has 0 bridgehead atoms. The highest BCUT2D eigenvalue weighted by Gasteiger charge is 2.12. The average molecular weight is 321 g/mol. The maximum absolute atomic E-state index is 11.8. The van der Waals surface area contributed by atoms with Crippen molar-refractivity contribution < 1.29 is 9.21 Å². The number of amides is 1. The van der Waals surface area contributed by atoms with Crippen molar-refractivity contribution >= 4 is 21.8 Å². The van der Waals surface area contributed by atoms with Crippen LogP contribution >= 0.6 is 15.9 Å². The zero-order valence-corrected chi connectivity index (χ0v) is 11.8. The number of carbonyl (C=O) groups excluding carboxylic acids is 1. The number of halogens is 1. The van der Waals surface area contributed by atoms with Crippen LogP contribution in [0.2, 0.25) is 0 Å². The van der Waals surface area contributed by atoms with E-state index in [1.165, 1.54) is 11.1 Å². The van der Waals surface area contributed by atoms with Gasteiger partial charge in [-0.2, -0.15) is 0 Å². The molecule has 1 aliphatic heterocycles. The molecule has 4 nitrogen and oxygen atoms in total. The van der Waals surface area contributed by atoms with Gasteiger partial charge in [0.05, 0.1) is 0 Å². The lowest BCUT2D eigenvalue weighted by Crippen LogP contribution is -2.22. The van der Waals surface area contributed by atoms with Crippen LogP contribution < -0.4 is 10.6 Å². The highest BCUT2D eigenvalue weighted by atomic mass is 79.9. The summed E-state index contributed by atoms with van der Waals surface area (Å²) in [5, 5.41) is 6.15. The van der Waals surface area contributed by atoms with Gasteiger partial charge >= 0.3 is 0 Å². The van der Waals surface area contributed by atoms with Crippen LogP contribution in [0.4, 0.5) is 0 Å². The molecule has 5 heteroatoms. The lowest BCUT2D eigenvalue weighted by atomic mass is 10.1. The maximum atomic E-state index is 11.8. The van der Waals surface area contributed by atoms with Crippen molar-refractivity contribution in [3.63, 3.8) is 0 Å². The fraction of sp³-hybridized carbons (Fsp3) is 0.214. The Hall–Kier alpha value is -1.59. The van der Waals surface area contributed by atoms with Gasteiger partial charge in [-0.15, -0.1) is 0 Å². The van der Waals surface area contributed by atoms with Crippen molar-refractivity contribution in [1.82, 2.24) is 10.6 Å². The number of nitrogens with one attached hydrogen (secondary N) is 2. The second-order valence-electron chi connectivity index (χ2n) is 4.49. The van der Waals surface area contributed by atoms with Gasteiger partial charge in [0.15, 0.2) is 10.4 Å². The highest BCUT2D eigenvalue weighted by Crippen LogP contribution is 2.17. The summed E-state index contributed by atoms with van der Waals surface area (Å²) in [7, 11) is 0. The van der Waals surface area contributed by atoms with E-state index < -0.39 is 0 Å². The Morgan fingerprint density at radius 3 is 2.89 bits per heavy atom. The molecule has 1 aromatic heterocycles. The van der Waals surface area contributed by atoms with Gasteiger partial charge < -0.3 is 15.1 Å². The van der Waals surface area contributed by atoms with Gasteiger partial charge in [0.25, 0.3) is 5.91 Å². The molecule has 0 fully saturated rings. The van der Waals surface area contributed by atoms with Crippen LogP contribution in [0.5, 0.6) is 0 Å². The normalized spacial score (nSPS) is 13.3. The quantitative estimate of drug-likeness (QED) is 0.914. The number of furan rings is 1. The molecule has 0 radical (unpaired) electrons. The van der Waals surface area contributed by atoms with Crippen molar-refractivity contribution in [2.75, 3.05) is 0 Å². The van der Waals surface area contributed by atoms with E-state index in [-0.39, 0.29) is 5.91 Å². The number of hydrogen-bond donors (Lipinski definition) is 2. The summed E-state index contributed by atoms with van der Waals surface area (Å²) in [4.78, 5) is 11.8. The van der Waals surface area contributed by atoms with E-state index in [0.717, 1.165) is 18.7 Å². The highest BCUT2D eigenvalue weighted by molar-refractivity contribution is 9.10. The Balaban J connectivity index is 1.64. The molecule has 19 heavy (non-hydrogen) atoms. The van der Waals surface area contributed by atoms with Gasteiger partial charge in [-0.05, 0) is 44.8 Å². The van der Waals surface area contributed by atoms with E-state index in [0.29, 0.717) is 17.0 Å². The predicted octanol–water partition coefficient (Wildman–Crippen LogP) is 2.58. The Morgan fingerprint density at radius 1 is 1.26 bits per heavy atom. The molecule has 1 aliphatic rings. The van der Waals surface area contributed by atoms with Crippen LogP contribution in [0, 0.1) is 0 Å². The minimum Gasteiger partial charge on any atom is -0.444 e. The second-order valence-corrected chi connectivity index (χ2v) is 5.27. The van der Waals surface area contributed by atoms with Gasteiger partial charge in [0.1, 0.15) is 0 Å². The third-order valence-electron chi connectivity index (χ3n) is 3.15. The number of carbonyl (C=O) groups is 1. The number of fused-ring (bicyclic) bond motifs is 1. The summed E-state index contributed by atoms with van der Waals surface area (Å²) >= 11 is 3.18. The van der Waals surface area contributed by atoms with Crippen molar-refractivity contribution in [3.05, 3.63) is 57.5 Å². The second kappa shape index (κ2) is 5.19. The van der Waals surface area contributed by atoms with Crippen LogP contribution in [0.25, 0.3) is 0 Å². The molecule has 98 valence electrons. The molecule has 0 saturated carbocycles. The predicted molar refractivity (Wildman–Crippen MR) is 74.6 cm³/mol. The van der Waals surface area contributed by atoms with E-state index in [9.17, 15) is 4.79 Å². The fourth-order valence-electron chi connectivity index (χ4n) is 2.16. The van der Waals surface area contributed by atoms with Crippen molar-refractivity contribution in [2.24, 2.45) is 0 Å². The standard InChI is InChI=1S/C14H13BrN2O2/c15-13-4-3-12(19-13)14(18)17-6-9-1-2-10-7-16-8-11(10)5-9/h1-5,16H,6-8H2,(H,17,18). The molecular formula is C14H13BrN2O2. The molecule has 1 amide bonds. The molecule has 2 heterocycles. The Kier molecular flexibility index (Phi) is 3.40. The molecule has 1 aromatic carbocycles. The fourth-order valence-corrected chi connectivity index (χ4v) is 2.47. The molecule has 0 atom stereocenters. The molecule has 0 aliphatic carbocycles. The zero-order valence-electron chi connectivity index (χ0n) is 10.2. The van der Waals surface area contributed by atoms with Crippen LogP contribution in [0.15, 0.2) is 39.4 Å². The molecule has 2 aromatic rings. The van der Waals surface area contributed by atoms with E-state index in [1.807, 2.05) is 6.07 Å². The van der Waals surface area contributed by atoms with Crippen LogP contribution in [-0.4, -0.2) is 5.91 Å². The van der Waals surface area contributed by atoms with Crippen molar-refractivity contribution in [1.29, 1.82) is 0 Å². The number of benzene rings is 1. The van der Waals surface area contributed by atoms with E-state index >= 15 is 0 Å². The van der Waals surface area contributed by atoms with Gasteiger partial charge in [-0.3, -0.25) is 4.79 Å². The van der Waals surface area contributed by atoms with Gasteiger partial charge in [-0.1, -0.05) is 18.2 Å². The number of rotatable bonds is 3. The largest absolute Gasteiger partial charge is 0.444 e. The maximum Gasteiger partial charge on any atom is 0.287 e. The summed E-state index contributed by atoms with van der Waals surface area (Å²) in [5.74, 6) is 0.110. The molecule has 3 rings (SSSR count). The summed E-state index contributed by atoms with van der Waals surface area (Å²) < 4.78 is 5.76. The van der Waals surface area contributed by atoms with Gasteiger partial charge in [-0.25, -0.2) is 0 Å². The van der Waals surface area contributed by atoms with E-state index in [4.69, 9.17) is 4.42 Å². The summed E-state index contributed by atoms with van der Waals surface area (Å²) in [5.41, 5.74) is 3.75. The SMILES string of the molecule is O=C(NCc1ccc2c(c1)CNC2)c1ccc(Br)o1. The minimum atomic E-state index is -0.204. The van der Waals surface area contributed by atoms with Gasteiger partial charge in [0, 0.05) is 19.6 Å². The van der Waals surface area contributed by atoms with E-state index in [1.54, 1.807) is 12.1 Å². The van der Waals surface area contributed by atoms with E-state index in [2.05, 4.69) is 38.7 Å². The average Bonchev–Trinajstić information content (AvgIpc) is 3.03. The first-order chi connectivity index (χ1) is 9.22. The summed E-state index contributed by atoms with van der Waals surface area (Å²) in [6.45, 7) is 2.34. The first-order valence-electron chi connectivity index (χ1n) is 6.07. The van der Waals surface area contributed by atoms with Crippen LogP contribution in [-0.2, 0) is 19.6 Å². The third-order valence-corrected chi connectivity index (χ3v) is 3.58. The lowest BCUT2D eigenvalue weighted by Gasteiger charge is -2.05. The lowest BCUT2D eigenvalue weighted by molar-refractivity contribution is 0.0922. The summed E-state index contributed by atoms with van der Waals surface area (Å²) in [6, 6.07) is 9.64. The third kappa shape index (κ3) is 2.72. The number of hydrogen-bond acceptors (Lipinski definition) is 3. The smallest absolute Gasteiger partial charge is 0.287 e. The zero-order chi connectivity index (χ0) is 13.2. The molecule has 0 saturated heterocycles. The van der Waals surface area contributed by atoms with Crippen LogP contribution in [0.3, 0.4) is 0 Å². The first kappa shape index (κ1) is 12.4. The molecule has 0 spiro atoms. The first-order valence-corrected chi connectivity index (χ1v) is 6.86. The van der Waals surface area contributed by atoms with Crippen molar-refractivity contribution in [2.45, 2.75) is 19.6 Å². The summed E-state index contributed by atoms with van der Waals surface area (Å²) in [6.07, 6.45) is 0. The molecule has 2 N–H and O–H groups in total. The molecule has 0 unspecified atom stereocenters. The van der Waals surface area contributed by atoms with Gasteiger partial charge in [0.2, 0.25) is 0 Å². The van der Waals surface area contributed by atoms with Crippen LogP contribution in [0.1, 0.15) is 27.2 Å². The Bertz CT molecular complexity index is 622.